The number of aromatic nitrogens is 3. The summed E-state index contributed by atoms with van der Waals surface area (Å²) in [6, 6.07) is 1.32. The third-order valence-corrected chi connectivity index (χ3v) is 8.74. The van der Waals surface area contributed by atoms with E-state index in [1.807, 2.05) is 11.8 Å². The van der Waals surface area contributed by atoms with Gasteiger partial charge in [0.2, 0.25) is 11.8 Å². The molecule has 8 nitrogen and oxygen atoms in total. The molecule has 178 valence electrons. The topological polar surface area (TPSA) is 94.5 Å². The summed E-state index contributed by atoms with van der Waals surface area (Å²) in [5, 5.41) is 0. The summed E-state index contributed by atoms with van der Waals surface area (Å²) in [6.45, 7) is 4.11. The Morgan fingerprint density at radius 2 is 1.97 bits per heavy atom. The molecule has 14 heteroatoms. The predicted molar refractivity (Wildman–Crippen MR) is 121 cm³/mol. The number of thiophene rings is 1. The summed E-state index contributed by atoms with van der Waals surface area (Å²) in [7, 11) is -4.22. The van der Waals surface area contributed by atoms with Gasteiger partial charge in [-0.3, -0.25) is 0 Å². The van der Waals surface area contributed by atoms with Gasteiger partial charge >= 0.3 is 5.51 Å². The molecule has 1 aliphatic rings. The lowest BCUT2D eigenvalue weighted by molar-refractivity contribution is -0.0437. The zero-order chi connectivity index (χ0) is 24.0. The molecule has 0 aliphatic carbocycles. The third kappa shape index (κ3) is 4.66. The van der Waals surface area contributed by atoms with Crippen molar-refractivity contribution in [2.45, 2.75) is 18.2 Å². The van der Waals surface area contributed by atoms with E-state index in [1.54, 1.807) is 0 Å². The van der Waals surface area contributed by atoms with Crippen LogP contribution in [0.1, 0.15) is 10.4 Å². The molecule has 4 heterocycles. The highest BCUT2D eigenvalue weighted by Crippen LogP contribution is 2.41. The number of hydrogen-bond donors (Lipinski definition) is 0. The van der Waals surface area contributed by atoms with E-state index in [2.05, 4.69) is 30.9 Å². The molecule has 0 radical (unpaired) electrons. The Balaban J connectivity index is 1.88. The zero-order valence-electron chi connectivity index (χ0n) is 17.4. The van der Waals surface area contributed by atoms with Crippen molar-refractivity contribution < 1.29 is 31.1 Å². The van der Waals surface area contributed by atoms with Crippen molar-refractivity contribution in [2.75, 3.05) is 38.3 Å². The van der Waals surface area contributed by atoms with Crippen LogP contribution in [0.5, 0.6) is 5.88 Å². The van der Waals surface area contributed by atoms with Gasteiger partial charge in [0, 0.05) is 35.3 Å². The quantitative estimate of drug-likeness (QED) is 0.455. The Morgan fingerprint density at radius 3 is 2.61 bits per heavy atom. The molecule has 4 rings (SSSR count). The Labute approximate surface area is 199 Å². The number of halogens is 4. The number of rotatable bonds is 5. The van der Waals surface area contributed by atoms with Crippen LogP contribution in [-0.2, 0) is 20.3 Å². The average molecular weight is 567 g/mol. The second-order valence-electron chi connectivity index (χ2n) is 7.22. The number of hydrogen-bond acceptors (Lipinski definition) is 9. The summed E-state index contributed by atoms with van der Waals surface area (Å²) in [4.78, 5) is 16.3. The Morgan fingerprint density at radius 1 is 1.27 bits per heavy atom. The maximum atomic E-state index is 13.0. The molecular weight excluding hydrogens is 549 g/mol. The van der Waals surface area contributed by atoms with Gasteiger partial charge in [0.15, 0.2) is 0 Å². The highest BCUT2D eigenvalue weighted by molar-refractivity contribution is 9.10. The first-order valence-corrected chi connectivity index (χ1v) is 12.9. The number of sulfone groups is 1. The van der Waals surface area contributed by atoms with E-state index in [0.717, 1.165) is 9.35 Å². The van der Waals surface area contributed by atoms with Crippen molar-refractivity contribution in [3.05, 3.63) is 27.2 Å². The lowest BCUT2D eigenvalue weighted by Crippen LogP contribution is -2.37. The van der Waals surface area contributed by atoms with Crippen molar-refractivity contribution in [1.29, 1.82) is 0 Å². The molecule has 0 bridgehead atoms. The molecule has 3 aromatic heterocycles. The second-order valence-corrected chi connectivity index (χ2v) is 11.2. The number of fused-ring (bicyclic) bond motifs is 1. The lowest BCUT2D eigenvalue weighted by atomic mass is 10.1. The molecule has 1 saturated heterocycles. The smallest absolute Gasteiger partial charge is 0.481 e. The maximum absolute atomic E-state index is 13.0. The first-order chi connectivity index (χ1) is 15.5. The summed E-state index contributed by atoms with van der Waals surface area (Å²) in [5.74, 6) is -1.05. The third-order valence-electron chi connectivity index (χ3n) is 5.01. The molecule has 0 unspecified atom stereocenters. The van der Waals surface area contributed by atoms with Crippen LogP contribution >= 0.6 is 27.3 Å². The van der Waals surface area contributed by atoms with Crippen LogP contribution in [0.4, 0.5) is 19.1 Å². The molecule has 33 heavy (non-hydrogen) atoms. The molecule has 0 aromatic carbocycles. The van der Waals surface area contributed by atoms with Crippen molar-refractivity contribution >= 4 is 53.3 Å². The van der Waals surface area contributed by atoms with E-state index < -0.39 is 21.1 Å². The fourth-order valence-electron chi connectivity index (χ4n) is 3.35. The fourth-order valence-corrected chi connectivity index (χ4v) is 5.79. The number of methoxy groups -OCH3 is 1. The normalized spacial score (nSPS) is 15.3. The number of pyridine rings is 1. The number of morpholine rings is 1. The van der Waals surface area contributed by atoms with E-state index in [-0.39, 0.29) is 11.4 Å². The van der Waals surface area contributed by atoms with Crippen LogP contribution in [0.2, 0.25) is 0 Å². The fraction of sp³-hybridized carbons (Fsp3) is 0.421. The summed E-state index contributed by atoms with van der Waals surface area (Å²) < 4.78 is 74.5. The van der Waals surface area contributed by atoms with Crippen LogP contribution in [0, 0.1) is 6.92 Å². The molecule has 0 spiro atoms. The van der Waals surface area contributed by atoms with E-state index in [4.69, 9.17) is 9.47 Å². The maximum Gasteiger partial charge on any atom is 0.497 e. The molecular formula is C19H18BrF3N4O4S2. The van der Waals surface area contributed by atoms with Gasteiger partial charge in [0.1, 0.15) is 5.52 Å². The molecule has 0 N–H and O–H groups in total. The largest absolute Gasteiger partial charge is 0.497 e. The van der Waals surface area contributed by atoms with Gasteiger partial charge < -0.3 is 14.4 Å². The predicted octanol–water partition coefficient (Wildman–Crippen LogP) is 4.10. The van der Waals surface area contributed by atoms with E-state index in [1.165, 1.54) is 30.7 Å². The minimum atomic E-state index is -5.43. The van der Waals surface area contributed by atoms with Crippen molar-refractivity contribution in [3.63, 3.8) is 0 Å². The molecule has 1 aliphatic heterocycles. The molecule has 0 saturated carbocycles. The Hall–Kier alpha value is -2.03. The minimum absolute atomic E-state index is 0.200. The molecule has 1 fully saturated rings. The van der Waals surface area contributed by atoms with Crippen molar-refractivity contribution in [3.8, 4) is 17.1 Å². The zero-order valence-corrected chi connectivity index (χ0v) is 20.7. The number of anilines is 1. The number of aryl methyl sites for hydroxylation is 1. The van der Waals surface area contributed by atoms with Gasteiger partial charge in [0.25, 0.3) is 9.84 Å². The van der Waals surface area contributed by atoms with Gasteiger partial charge in [-0.1, -0.05) is 0 Å². The monoisotopic (exact) mass is 566 g/mol. The van der Waals surface area contributed by atoms with Gasteiger partial charge in [-0.05, 0) is 28.9 Å². The Bertz CT molecular complexity index is 1310. The summed E-state index contributed by atoms with van der Waals surface area (Å²) in [5.41, 5.74) is -4.14. The SMILES string of the molecule is COc1ncc(-c2nc(N3CCOCC3)nc3c(Br)c(C)sc23)cc1CS(=O)(=O)C(F)(F)F. The summed E-state index contributed by atoms with van der Waals surface area (Å²) >= 11 is 4.97. The summed E-state index contributed by atoms with van der Waals surface area (Å²) in [6.07, 6.45) is 1.40. The van der Waals surface area contributed by atoms with Crippen LogP contribution < -0.4 is 9.64 Å². The number of nitrogens with zero attached hydrogens (tertiary/aromatic N) is 4. The first-order valence-electron chi connectivity index (χ1n) is 9.63. The molecule has 3 aromatic rings. The number of alkyl halides is 3. The van der Waals surface area contributed by atoms with Gasteiger partial charge in [0.05, 0.1) is 40.9 Å². The van der Waals surface area contributed by atoms with E-state index >= 15 is 0 Å². The molecule has 0 amide bonds. The van der Waals surface area contributed by atoms with Gasteiger partial charge in [-0.25, -0.2) is 23.4 Å². The average Bonchev–Trinajstić information content (AvgIpc) is 3.06. The highest BCUT2D eigenvalue weighted by Gasteiger charge is 2.46. The van der Waals surface area contributed by atoms with Gasteiger partial charge in [-0.15, -0.1) is 11.3 Å². The Kier molecular flexibility index (Phi) is 6.55. The van der Waals surface area contributed by atoms with Crippen LogP contribution in [0.3, 0.4) is 0 Å². The van der Waals surface area contributed by atoms with Gasteiger partial charge in [-0.2, -0.15) is 13.2 Å². The standard InChI is InChI=1S/C19H18BrF3N4O4S2/c1-10-13(20)15-16(32-10)14(25-18(26-15)27-3-5-31-6-4-27)11-7-12(17(30-2)24-8-11)9-33(28,29)19(21,22)23/h7-8H,3-6,9H2,1-2H3. The van der Waals surface area contributed by atoms with E-state index in [0.29, 0.717) is 53.7 Å². The van der Waals surface area contributed by atoms with Crippen LogP contribution in [-0.4, -0.2) is 62.3 Å². The number of ether oxygens (including phenoxy) is 2. The molecule has 0 atom stereocenters. The highest BCUT2D eigenvalue weighted by atomic mass is 79.9. The van der Waals surface area contributed by atoms with Crippen molar-refractivity contribution in [1.82, 2.24) is 15.0 Å². The lowest BCUT2D eigenvalue weighted by Gasteiger charge is -2.27. The van der Waals surface area contributed by atoms with E-state index in [9.17, 15) is 21.6 Å². The minimum Gasteiger partial charge on any atom is -0.481 e. The first kappa shape index (κ1) is 24.1. The second kappa shape index (κ2) is 8.96. The van der Waals surface area contributed by atoms with Crippen LogP contribution in [0.25, 0.3) is 21.5 Å². The van der Waals surface area contributed by atoms with Crippen LogP contribution in [0.15, 0.2) is 16.7 Å². The van der Waals surface area contributed by atoms with Crippen molar-refractivity contribution in [2.24, 2.45) is 0 Å².